The van der Waals surface area contributed by atoms with E-state index < -0.39 is 6.17 Å². The fourth-order valence-electron chi connectivity index (χ4n) is 0.552. The summed E-state index contributed by atoms with van der Waals surface area (Å²) in [5.74, 6) is 0.449. The van der Waals surface area contributed by atoms with Gasteiger partial charge in [-0.3, -0.25) is 0 Å². The lowest BCUT2D eigenvalue weighted by Crippen LogP contribution is -1.90. The van der Waals surface area contributed by atoms with Crippen molar-refractivity contribution in [3.05, 3.63) is 5.82 Å². The molecule has 8 heteroatoms. The summed E-state index contributed by atoms with van der Waals surface area (Å²) in [6.07, 6.45) is -0.477. The topological polar surface area (TPSA) is 104 Å². The minimum absolute atomic E-state index is 0.449. The summed E-state index contributed by atoms with van der Waals surface area (Å²) < 4.78 is 0. The first-order chi connectivity index (χ1) is 4.97. The van der Waals surface area contributed by atoms with Gasteiger partial charge in [-0.05, 0) is 20.9 Å². The third kappa shape index (κ3) is 0.658. The molecule has 0 aromatic carbocycles. The lowest BCUT2D eigenvalue weighted by molar-refractivity contribution is 0.702. The Bertz CT molecular complexity index is 245. The van der Waals surface area contributed by atoms with E-state index in [0.29, 0.717) is 5.82 Å². The van der Waals surface area contributed by atoms with E-state index in [1.807, 2.05) is 0 Å². The van der Waals surface area contributed by atoms with Crippen LogP contribution < -0.4 is 0 Å². The average Bonchev–Trinajstić information content (AvgIpc) is 2.59. The van der Waals surface area contributed by atoms with Gasteiger partial charge in [0.1, 0.15) is 0 Å². The number of nitrogens with zero attached hydrogens (tertiary/aromatic N) is 7. The molecule has 0 aliphatic carbocycles. The van der Waals surface area contributed by atoms with Gasteiger partial charge in [0, 0.05) is 0 Å². The number of hydrogen-bond acceptors (Lipinski definition) is 7. The predicted octanol–water partition coefficient (Wildman–Crippen LogP) is 0.0313. The van der Waals surface area contributed by atoms with E-state index in [9.17, 15) is 0 Å². The average molecular weight is 138 g/mol. The zero-order valence-corrected chi connectivity index (χ0v) is 4.71. The molecule has 10 heavy (non-hydrogen) atoms. The zero-order chi connectivity index (χ0) is 6.81. The lowest BCUT2D eigenvalue weighted by Gasteiger charge is -1.88. The molecule has 50 valence electrons. The first-order valence-corrected chi connectivity index (χ1v) is 2.50. The molecule has 0 saturated heterocycles. The van der Waals surface area contributed by atoms with E-state index in [4.69, 9.17) is 0 Å². The van der Waals surface area contributed by atoms with Crippen molar-refractivity contribution in [3.63, 3.8) is 0 Å². The standard InChI is InChI=1S/C2H2N8/c3-1(4-8-7-3)2-5-9-10-6-2/h1H,(H,5,6,9,10). The lowest BCUT2D eigenvalue weighted by atomic mass is 10.5. The maximum atomic E-state index is 3.60. The largest absolute Gasteiger partial charge is 0.245 e. The van der Waals surface area contributed by atoms with Crippen LogP contribution in [0.15, 0.2) is 20.7 Å². The number of aromatic amines is 1. The first-order valence-electron chi connectivity index (χ1n) is 2.50. The van der Waals surface area contributed by atoms with Gasteiger partial charge in [0.2, 0.25) is 6.17 Å². The van der Waals surface area contributed by atoms with Crippen LogP contribution >= 0.6 is 0 Å². The Balaban J connectivity index is 2.29. The fraction of sp³-hybridized carbons (Fsp3) is 0.500. The highest BCUT2D eigenvalue weighted by Crippen LogP contribution is 2.18. The van der Waals surface area contributed by atoms with E-state index >= 15 is 0 Å². The van der Waals surface area contributed by atoms with Crippen LogP contribution in [0.5, 0.6) is 0 Å². The predicted molar refractivity (Wildman–Crippen MR) is 26.6 cm³/mol. The molecule has 8 nitrogen and oxygen atoms in total. The molecule has 1 aromatic heterocycles. The van der Waals surface area contributed by atoms with Gasteiger partial charge in [0.05, 0.1) is 0 Å². The van der Waals surface area contributed by atoms with Crippen LogP contribution in [-0.4, -0.2) is 20.6 Å². The van der Waals surface area contributed by atoms with Crippen molar-refractivity contribution in [1.82, 2.24) is 20.6 Å². The summed E-state index contributed by atoms with van der Waals surface area (Å²) in [4.78, 5) is 0. The van der Waals surface area contributed by atoms with Crippen molar-refractivity contribution in [2.75, 3.05) is 0 Å². The third-order valence-electron chi connectivity index (χ3n) is 0.968. The highest BCUT2D eigenvalue weighted by Gasteiger charge is 2.15. The van der Waals surface area contributed by atoms with Gasteiger partial charge in [-0.2, -0.15) is 0 Å². The molecule has 0 amide bonds. The van der Waals surface area contributed by atoms with Crippen LogP contribution in [0.3, 0.4) is 0 Å². The minimum Gasteiger partial charge on any atom is -0.239 e. The van der Waals surface area contributed by atoms with Crippen LogP contribution in [-0.2, 0) is 0 Å². The normalized spacial score (nSPS) is 16.8. The van der Waals surface area contributed by atoms with Gasteiger partial charge >= 0.3 is 0 Å². The number of aromatic nitrogens is 4. The SMILES string of the molecule is N1=NC(c2nnn[nH]2)N=N1. The molecular formula is C2H2N8. The van der Waals surface area contributed by atoms with Crippen LogP contribution in [0.4, 0.5) is 0 Å². The van der Waals surface area contributed by atoms with E-state index in [-0.39, 0.29) is 0 Å². The molecule has 0 atom stereocenters. The molecule has 1 N–H and O–H groups in total. The number of H-pyrrole nitrogens is 1. The Labute approximate surface area is 54.4 Å². The maximum Gasteiger partial charge on any atom is 0.245 e. The molecule has 0 fully saturated rings. The number of rotatable bonds is 1. The second-order valence-electron chi connectivity index (χ2n) is 1.57. The van der Waals surface area contributed by atoms with E-state index in [1.54, 1.807) is 0 Å². The summed E-state index contributed by atoms with van der Waals surface area (Å²) in [7, 11) is 0. The maximum absolute atomic E-state index is 3.60. The number of nitrogens with one attached hydrogen (secondary N) is 1. The Morgan fingerprint density at radius 3 is 2.60 bits per heavy atom. The van der Waals surface area contributed by atoms with E-state index in [0.717, 1.165) is 0 Å². The van der Waals surface area contributed by atoms with Crippen molar-refractivity contribution in [2.24, 2.45) is 20.7 Å². The molecule has 2 heterocycles. The molecule has 1 aliphatic heterocycles. The summed E-state index contributed by atoms with van der Waals surface area (Å²) in [5.41, 5.74) is 0. The van der Waals surface area contributed by atoms with Crippen molar-refractivity contribution in [3.8, 4) is 0 Å². The summed E-state index contributed by atoms with van der Waals surface area (Å²) in [5, 5.41) is 26.5. The highest BCUT2D eigenvalue weighted by atomic mass is 15.6. The van der Waals surface area contributed by atoms with E-state index in [2.05, 4.69) is 41.3 Å². The van der Waals surface area contributed by atoms with Gasteiger partial charge in [0.25, 0.3) is 0 Å². The van der Waals surface area contributed by atoms with Crippen molar-refractivity contribution < 1.29 is 0 Å². The van der Waals surface area contributed by atoms with Crippen LogP contribution in [0.1, 0.15) is 12.0 Å². The summed E-state index contributed by atoms with van der Waals surface area (Å²) >= 11 is 0. The molecule has 1 aromatic rings. The van der Waals surface area contributed by atoms with Crippen LogP contribution in [0.2, 0.25) is 0 Å². The highest BCUT2D eigenvalue weighted by molar-refractivity contribution is 4.86. The quantitative estimate of drug-likeness (QED) is 0.591. The third-order valence-corrected chi connectivity index (χ3v) is 0.968. The second-order valence-corrected chi connectivity index (χ2v) is 1.57. The fourth-order valence-corrected chi connectivity index (χ4v) is 0.552. The van der Waals surface area contributed by atoms with Crippen molar-refractivity contribution in [1.29, 1.82) is 0 Å². The minimum atomic E-state index is -0.477. The molecule has 1 aliphatic rings. The molecule has 0 saturated carbocycles. The van der Waals surface area contributed by atoms with Crippen LogP contribution in [0, 0.1) is 0 Å². The molecule has 0 bridgehead atoms. The first kappa shape index (κ1) is 5.09. The van der Waals surface area contributed by atoms with Gasteiger partial charge in [-0.25, -0.2) is 5.10 Å². The molecule has 0 spiro atoms. The smallest absolute Gasteiger partial charge is 0.239 e. The van der Waals surface area contributed by atoms with Crippen molar-refractivity contribution in [2.45, 2.75) is 6.17 Å². The zero-order valence-electron chi connectivity index (χ0n) is 4.71. The molecule has 0 radical (unpaired) electrons. The second kappa shape index (κ2) is 1.90. The molecule has 2 rings (SSSR count). The summed E-state index contributed by atoms with van der Waals surface area (Å²) in [6.45, 7) is 0. The molecular weight excluding hydrogens is 136 g/mol. The van der Waals surface area contributed by atoms with Crippen molar-refractivity contribution >= 4 is 0 Å². The Kier molecular flexibility index (Phi) is 0.966. The monoisotopic (exact) mass is 138 g/mol. The molecule has 0 unspecified atom stereocenters. The van der Waals surface area contributed by atoms with Gasteiger partial charge in [-0.15, -0.1) is 15.3 Å². The number of tetrazole rings is 1. The Morgan fingerprint density at radius 2 is 2.00 bits per heavy atom. The van der Waals surface area contributed by atoms with Crippen LogP contribution in [0.25, 0.3) is 0 Å². The van der Waals surface area contributed by atoms with E-state index in [1.165, 1.54) is 0 Å². The Hall–Kier alpha value is -1.73. The summed E-state index contributed by atoms with van der Waals surface area (Å²) in [6, 6.07) is 0. The van der Waals surface area contributed by atoms with Gasteiger partial charge in [-0.1, -0.05) is 0 Å². The van der Waals surface area contributed by atoms with Gasteiger partial charge in [0.15, 0.2) is 5.82 Å². The Morgan fingerprint density at radius 1 is 1.20 bits per heavy atom. The number of hydrogen-bond donors (Lipinski definition) is 1. The van der Waals surface area contributed by atoms with Gasteiger partial charge < -0.3 is 0 Å².